The van der Waals surface area contributed by atoms with E-state index in [9.17, 15) is 9.59 Å². The smallest absolute Gasteiger partial charge is 0.256 e. The summed E-state index contributed by atoms with van der Waals surface area (Å²) in [7, 11) is 0. The van der Waals surface area contributed by atoms with E-state index < -0.39 is 0 Å². The van der Waals surface area contributed by atoms with Crippen molar-refractivity contribution in [3.63, 3.8) is 0 Å². The van der Waals surface area contributed by atoms with Gasteiger partial charge in [-0.15, -0.1) is 11.3 Å². The molecule has 24 heavy (non-hydrogen) atoms. The molecule has 0 saturated carbocycles. The first-order valence-corrected chi connectivity index (χ1v) is 8.80. The summed E-state index contributed by atoms with van der Waals surface area (Å²) in [6.45, 7) is 6.40. The van der Waals surface area contributed by atoms with Gasteiger partial charge in [0.25, 0.3) is 11.8 Å². The number of thiophene rings is 1. The second kappa shape index (κ2) is 8.08. The largest absolute Gasteiger partial charge is 0.348 e. The lowest BCUT2D eigenvalue weighted by Gasteiger charge is -2.12. The Balaban J connectivity index is 2.10. The van der Waals surface area contributed by atoms with Gasteiger partial charge in [0.1, 0.15) is 5.00 Å². The molecule has 4 N–H and O–H groups in total. The first-order chi connectivity index (χ1) is 11.4. The number of carbonyl (C=O) groups excluding carboxylic acids is 2. The molecule has 0 saturated heterocycles. The molecule has 2 rings (SSSR count). The normalized spacial score (nSPS) is 12.0. The van der Waals surface area contributed by atoms with Crippen LogP contribution < -0.4 is 16.4 Å². The van der Waals surface area contributed by atoms with E-state index >= 15 is 0 Å². The highest BCUT2D eigenvalue weighted by atomic mass is 32.1. The average Bonchev–Trinajstić information content (AvgIpc) is 3.02. The van der Waals surface area contributed by atoms with Crippen LogP contribution in [0.15, 0.2) is 35.7 Å². The predicted octanol–water partition coefficient (Wildman–Crippen LogP) is 3.20. The number of hydrogen-bond acceptors (Lipinski definition) is 4. The summed E-state index contributed by atoms with van der Waals surface area (Å²) in [5.41, 5.74) is 7.71. The topological polar surface area (TPSA) is 84.2 Å². The Bertz CT molecular complexity index is 707. The molecule has 128 valence electrons. The van der Waals surface area contributed by atoms with Crippen molar-refractivity contribution in [2.75, 3.05) is 11.9 Å². The van der Waals surface area contributed by atoms with Gasteiger partial charge in [0, 0.05) is 18.2 Å². The first kappa shape index (κ1) is 18.2. The predicted molar refractivity (Wildman–Crippen MR) is 98.8 cm³/mol. The van der Waals surface area contributed by atoms with Crippen LogP contribution in [0.5, 0.6) is 0 Å². The third-order valence-electron chi connectivity index (χ3n) is 3.71. The summed E-state index contributed by atoms with van der Waals surface area (Å²) in [6.07, 6.45) is 0. The van der Waals surface area contributed by atoms with E-state index in [0.717, 1.165) is 0 Å². The number of anilines is 1. The molecule has 6 heteroatoms. The molecule has 2 amide bonds. The van der Waals surface area contributed by atoms with Crippen molar-refractivity contribution in [3.05, 3.63) is 52.4 Å². The van der Waals surface area contributed by atoms with Gasteiger partial charge >= 0.3 is 0 Å². The molecule has 0 spiro atoms. The molecule has 0 aliphatic carbocycles. The van der Waals surface area contributed by atoms with Crippen LogP contribution in [0.2, 0.25) is 0 Å². The fourth-order valence-corrected chi connectivity index (χ4v) is 2.92. The molecule has 0 fully saturated rings. The number of rotatable bonds is 6. The van der Waals surface area contributed by atoms with E-state index in [0.29, 0.717) is 28.6 Å². The molecule has 0 unspecified atom stereocenters. The maximum absolute atomic E-state index is 12.4. The van der Waals surface area contributed by atoms with E-state index in [-0.39, 0.29) is 17.9 Å². The summed E-state index contributed by atoms with van der Waals surface area (Å²) in [6, 6.07) is 9.07. The molecule has 1 atom stereocenters. The van der Waals surface area contributed by atoms with Gasteiger partial charge in [-0.05, 0) is 42.0 Å². The lowest BCUT2D eigenvalue weighted by molar-refractivity contribution is 0.0942. The van der Waals surface area contributed by atoms with Gasteiger partial charge < -0.3 is 16.4 Å². The Morgan fingerprint density at radius 2 is 1.75 bits per heavy atom. The SMILES string of the molecule is CC(C)c1ccc(C(=O)Nc2sccc2C(=O)N[C@@H](C)CN)cc1. The third kappa shape index (κ3) is 4.43. The highest BCUT2D eigenvalue weighted by molar-refractivity contribution is 7.14. The van der Waals surface area contributed by atoms with Crippen LogP contribution in [0, 0.1) is 0 Å². The van der Waals surface area contributed by atoms with Crippen molar-refractivity contribution >= 4 is 28.2 Å². The molecule has 0 aliphatic rings. The molecular weight excluding hydrogens is 322 g/mol. The van der Waals surface area contributed by atoms with Gasteiger partial charge in [-0.1, -0.05) is 26.0 Å². The van der Waals surface area contributed by atoms with E-state index in [1.807, 2.05) is 19.1 Å². The zero-order valence-corrected chi connectivity index (χ0v) is 14.9. The monoisotopic (exact) mass is 345 g/mol. The minimum atomic E-state index is -0.236. The number of nitrogens with two attached hydrogens (primary N) is 1. The van der Waals surface area contributed by atoms with Crippen LogP contribution >= 0.6 is 11.3 Å². The Morgan fingerprint density at radius 1 is 1.08 bits per heavy atom. The minimum Gasteiger partial charge on any atom is -0.348 e. The number of benzene rings is 1. The number of amides is 2. The van der Waals surface area contributed by atoms with Crippen molar-refractivity contribution in [2.24, 2.45) is 5.73 Å². The lowest BCUT2D eigenvalue weighted by Crippen LogP contribution is -2.37. The summed E-state index contributed by atoms with van der Waals surface area (Å²) in [4.78, 5) is 24.6. The first-order valence-electron chi connectivity index (χ1n) is 7.92. The molecular formula is C18H23N3O2S. The standard InChI is InChI=1S/C18H23N3O2S/c1-11(2)13-4-6-14(7-5-13)16(22)21-18-15(8-9-24-18)17(23)20-12(3)10-19/h4-9,11-12H,10,19H2,1-3H3,(H,20,23)(H,21,22)/t12-/m0/s1. The van der Waals surface area contributed by atoms with Crippen molar-refractivity contribution in [1.82, 2.24) is 5.32 Å². The Kier molecular flexibility index (Phi) is 6.11. The second-order valence-corrected chi connectivity index (χ2v) is 6.92. The summed E-state index contributed by atoms with van der Waals surface area (Å²) < 4.78 is 0. The van der Waals surface area contributed by atoms with Crippen molar-refractivity contribution in [3.8, 4) is 0 Å². The van der Waals surface area contributed by atoms with Gasteiger partial charge in [0.05, 0.1) is 5.56 Å². The second-order valence-electron chi connectivity index (χ2n) is 6.00. The van der Waals surface area contributed by atoms with Gasteiger partial charge in [-0.3, -0.25) is 9.59 Å². The van der Waals surface area contributed by atoms with Crippen LogP contribution in [0.4, 0.5) is 5.00 Å². The summed E-state index contributed by atoms with van der Waals surface area (Å²) >= 11 is 1.32. The molecule has 1 aromatic heterocycles. The molecule has 1 aromatic carbocycles. The average molecular weight is 345 g/mol. The fourth-order valence-electron chi connectivity index (χ4n) is 2.14. The maximum atomic E-state index is 12.4. The fraction of sp³-hybridized carbons (Fsp3) is 0.333. The maximum Gasteiger partial charge on any atom is 0.256 e. The number of nitrogens with one attached hydrogen (secondary N) is 2. The van der Waals surface area contributed by atoms with Gasteiger partial charge in [-0.25, -0.2) is 0 Å². The summed E-state index contributed by atoms with van der Waals surface area (Å²) in [5.74, 6) is -0.0485. The molecule has 1 heterocycles. The van der Waals surface area contributed by atoms with Gasteiger partial charge in [0.15, 0.2) is 0 Å². The van der Waals surface area contributed by atoms with Crippen LogP contribution in [0.3, 0.4) is 0 Å². The minimum absolute atomic E-state index is 0.121. The zero-order chi connectivity index (χ0) is 17.7. The highest BCUT2D eigenvalue weighted by Gasteiger charge is 2.17. The highest BCUT2D eigenvalue weighted by Crippen LogP contribution is 2.24. The Labute approximate surface area is 146 Å². The summed E-state index contributed by atoms with van der Waals surface area (Å²) in [5, 5.41) is 7.93. The Morgan fingerprint density at radius 3 is 2.33 bits per heavy atom. The quantitative estimate of drug-likeness (QED) is 0.752. The van der Waals surface area contributed by atoms with Gasteiger partial charge in [0.2, 0.25) is 0 Å². The van der Waals surface area contributed by atoms with Crippen LogP contribution in [0.25, 0.3) is 0 Å². The van der Waals surface area contributed by atoms with Crippen molar-refractivity contribution in [1.29, 1.82) is 0 Å². The van der Waals surface area contributed by atoms with E-state index in [4.69, 9.17) is 5.73 Å². The number of carbonyl (C=O) groups is 2. The van der Waals surface area contributed by atoms with Crippen LogP contribution in [-0.2, 0) is 0 Å². The Hall–Kier alpha value is -2.18. The van der Waals surface area contributed by atoms with E-state index in [2.05, 4.69) is 24.5 Å². The third-order valence-corrected chi connectivity index (χ3v) is 4.54. The van der Waals surface area contributed by atoms with Crippen molar-refractivity contribution in [2.45, 2.75) is 32.7 Å². The molecule has 0 bridgehead atoms. The number of hydrogen-bond donors (Lipinski definition) is 3. The lowest BCUT2D eigenvalue weighted by atomic mass is 10.0. The zero-order valence-electron chi connectivity index (χ0n) is 14.1. The van der Waals surface area contributed by atoms with Crippen LogP contribution in [0.1, 0.15) is 53.0 Å². The van der Waals surface area contributed by atoms with E-state index in [1.165, 1.54) is 16.9 Å². The van der Waals surface area contributed by atoms with Crippen molar-refractivity contribution < 1.29 is 9.59 Å². The molecule has 2 aromatic rings. The van der Waals surface area contributed by atoms with Gasteiger partial charge in [-0.2, -0.15) is 0 Å². The van der Waals surface area contributed by atoms with Crippen LogP contribution in [-0.4, -0.2) is 24.4 Å². The van der Waals surface area contributed by atoms with E-state index in [1.54, 1.807) is 23.6 Å². The molecule has 0 radical (unpaired) electrons. The molecule has 0 aliphatic heterocycles. The molecule has 5 nitrogen and oxygen atoms in total.